The van der Waals surface area contributed by atoms with Crippen LogP contribution in [0, 0.1) is 0 Å². The largest absolute Gasteiger partial charge is 0.394 e. The second kappa shape index (κ2) is 47.2. The van der Waals surface area contributed by atoms with E-state index in [4.69, 9.17) is 0 Å². The maximum atomic E-state index is 12.4. The Morgan fingerprint density at radius 3 is 1.00 bits per heavy atom. The van der Waals surface area contributed by atoms with E-state index in [1.165, 1.54) is 231 Å². The van der Waals surface area contributed by atoms with Crippen molar-refractivity contribution in [2.75, 3.05) is 6.61 Å². The van der Waals surface area contributed by atoms with Crippen molar-refractivity contribution in [3.05, 3.63) is 24.3 Å². The first-order valence-electron chi connectivity index (χ1n) is 25.1. The highest BCUT2D eigenvalue weighted by atomic mass is 16.3. The third-order valence-electron chi connectivity index (χ3n) is 11.7. The van der Waals surface area contributed by atoms with Crippen molar-refractivity contribution < 1.29 is 15.0 Å². The molecule has 0 aromatic carbocycles. The molecular weight excluding hydrogens is 675 g/mol. The zero-order valence-corrected chi connectivity index (χ0v) is 37.5. The Morgan fingerprint density at radius 2 is 0.691 bits per heavy atom. The minimum absolute atomic E-state index is 0.0612. The van der Waals surface area contributed by atoms with Crippen molar-refractivity contribution in [2.24, 2.45) is 0 Å². The van der Waals surface area contributed by atoms with Gasteiger partial charge in [-0.15, -0.1) is 0 Å². The van der Waals surface area contributed by atoms with Crippen molar-refractivity contribution in [3.8, 4) is 0 Å². The van der Waals surface area contributed by atoms with Crippen molar-refractivity contribution in [2.45, 2.75) is 289 Å². The average Bonchev–Trinajstić information content (AvgIpc) is 3.19. The molecular formula is C51H99NO3. The molecule has 55 heavy (non-hydrogen) atoms. The van der Waals surface area contributed by atoms with E-state index in [1.54, 1.807) is 6.08 Å². The number of amides is 1. The monoisotopic (exact) mass is 774 g/mol. The lowest BCUT2D eigenvalue weighted by atomic mass is 10.0. The number of aliphatic hydroxyl groups is 2. The minimum atomic E-state index is -0.836. The fourth-order valence-corrected chi connectivity index (χ4v) is 7.82. The molecule has 4 nitrogen and oxygen atoms in total. The second-order valence-electron chi connectivity index (χ2n) is 17.2. The Bertz CT molecular complexity index is 795. The van der Waals surface area contributed by atoms with Gasteiger partial charge in [-0.2, -0.15) is 0 Å². The van der Waals surface area contributed by atoms with Gasteiger partial charge in [0.25, 0.3) is 0 Å². The number of unbranched alkanes of at least 4 members (excludes halogenated alkanes) is 37. The van der Waals surface area contributed by atoms with Gasteiger partial charge in [-0.25, -0.2) is 0 Å². The SMILES string of the molecule is CCCCCCCCCCCCCC/C=C\CCCCCCCCCCCCCCCC(=O)NC(CO)C(O)/C=C/CCCCCCCCCCCCCC. The number of allylic oxidation sites excluding steroid dienone is 3. The molecule has 4 heteroatoms. The third kappa shape index (κ3) is 43.8. The summed E-state index contributed by atoms with van der Waals surface area (Å²) >= 11 is 0. The summed E-state index contributed by atoms with van der Waals surface area (Å²) in [5, 5.41) is 23.0. The number of aliphatic hydroxyl groups excluding tert-OH is 2. The summed E-state index contributed by atoms with van der Waals surface area (Å²) in [6.45, 7) is 4.33. The van der Waals surface area contributed by atoms with E-state index >= 15 is 0 Å². The molecule has 0 aromatic heterocycles. The smallest absolute Gasteiger partial charge is 0.220 e. The molecule has 1 amide bonds. The molecule has 0 spiro atoms. The summed E-state index contributed by atoms with van der Waals surface area (Å²) in [4.78, 5) is 12.4. The Hall–Kier alpha value is -1.13. The highest BCUT2D eigenvalue weighted by Crippen LogP contribution is 2.16. The van der Waals surface area contributed by atoms with Crippen LogP contribution < -0.4 is 5.32 Å². The Balaban J connectivity index is 3.46. The summed E-state index contributed by atoms with van der Waals surface area (Å²) < 4.78 is 0. The van der Waals surface area contributed by atoms with Gasteiger partial charge in [-0.05, 0) is 44.9 Å². The maximum Gasteiger partial charge on any atom is 0.220 e. The molecule has 0 bridgehead atoms. The van der Waals surface area contributed by atoms with Crippen molar-refractivity contribution in [1.82, 2.24) is 5.32 Å². The van der Waals surface area contributed by atoms with Gasteiger partial charge in [0, 0.05) is 6.42 Å². The van der Waals surface area contributed by atoms with Crippen LogP contribution in [0.3, 0.4) is 0 Å². The van der Waals surface area contributed by atoms with Gasteiger partial charge in [0.1, 0.15) is 0 Å². The number of nitrogens with one attached hydrogen (secondary N) is 1. The van der Waals surface area contributed by atoms with Gasteiger partial charge >= 0.3 is 0 Å². The van der Waals surface area contributed by atoms with Crippen LogP contribution in [0.5, 0.6) is 0 Å². The van der Waals surface area contributed by atoms with Gasteiger partial charge in [-0.3, -0.25) is 4.79 Å². The molecule has 0 aliphatic rings. The fourth-order valence-electron chi connectivity index (χ4n) is 7.82. The van der Waals surface area contributed by atoms with E-state index in [-0.39, 0.29) is 12.5 Å². The van der Waals surface area contributed by atoms with Gasteiger partial charge in [-0.1, -0.05) is 250 Å². The molecule has 0 aliphatic carbocycles. The number of carbonyl (C=O) groups is 1. The molecule has 0 aromatic rings. The van der Waals surface area contributed by atoms with Gasteiger partial charge in [0.2, 0.25) is 5.91 Å². The highest BCUT2D eigenvalue weighted by Gasteiger charge is 2.18. The van der Waals surface area contributed by atoms with Gasteiger partial charge in [0.15, 0.2) is 0 Å². The number of hydrogen-bond donors (Lipinski definition) is 3. The molecule has 3 N–H and O–H groups in total. The zero-order valence-electron chi connectivity index (χ0n) is 37.5. The fraction of sp³-hybridized carbons (Fsp3) is 0.902. The predicted octanol–water partition coefficient (Wildman–Crippen LogP) is 16.0. The van der Waals surface area contributed by atoms with Gasteiger partial charge in [0.05, 0.1) is 18.8 Å². The molecule has 0 fully saturated rings. The maximum absolute atomic E-state index is 12.4. The molecule has 0 saturated heterocycles. The molecule has 2 unspecified atom stereocenters. The van der Waals surface area contributed by atoms with Crippen molar-refractivity contribution in [1.29, 1.82) is 0 Å². The molecule has 0 rings (SSSR count). The summed E-state index contributed by atoms with van der Waals surface area (Å²) in [7, 11) is 0. The van der Waals surface area contributed by atoms with E-state index in [2.05, 4.69) is 31.3 Å². The zero-order chi connectivity index (χ0) is 40.0. The van der Waals surface area contributed by atoms with Crippen molar-refractivity contribution >= 4 is 5.91 Å². The lowest BCUT2D eigenvalue weighted by Crippen LogP contribution is -2.45. The van der Waals surface area contributed by atoms with Crippen LogP contribution in [0.25, 0.3) is 0 Å². The van der Waals surface area contributed by atoms with E-state index in [0.717, 1.165) is 25.7 Å². The summed E-state index contributed by atoms with van der Waals surface area (Å²) in [6.07, 6.45) is 61.7. The van der Waals surface area contributed by atoms with E-state index < -0.39 is 12.1 Å². The van der Waals surface area contributed by atoms with Gasteiger partial charge < -0.3 is 15.5 Å². The molecule has 0 aliphatic heterocycles. The first-order valence-corrected chi connectivity index (χ1v) is 25.1. The Labute approximate surface area is 345 Å². The number of hydrogen-bond acceptors (Lipinski definition) is 3. The Kier molecular flexibility index (Phi) is 46.3. The standard InChI is InChI=1S/C51H99NO3/c1-3-5-7-9-11-13-15-17-19-20-21-22-23-24-25-26-27-28-29-30-31-32-33-35-37-39-41-43-45-47-51(55)52-49(48-53)50(54)46-44-42-40-38-36-34-18-16-14-12-10-8-6-4-2/h24-25,44,46,49-50,53-54H,3-23,26-43,45,47-48H2,1-2H3,(H,52,55)/b25-24-,46-44+. The van der Waals surface area contributed by atoms with E-state index in [1.807, 2.05) is 6.08 Å². The Morgan fingerprint density at radius 1 is 0.418 bits per heavy atom. The van der Waals surface area contributed by atoms with Crippen molar-refractivity contribution in [3.63, 3.8) is 0 Å². The first kappa shape index (κ1) is 53.9. The van der Waals surface area contributed by atoms with Crippen LogP contribution in [-0.2, 0) is 4.79 Å². The average molecular weight is 774 g/mol. The van der Waals surface area contributed by atoms with Crippen LogP contribution in [0.15, 0.2) is 24.3 Å². The summed E-state index contributed by atoms with van der Waals surface area (Å²) in [5.41, 5.74) is 0. The molecule has 0 heterocycles. The van der Waals surface area contributed by atoms with E-state index in [0.29, 0.717) is 6.42 Å². The quantitative estimate of drug-likeness (QED) is 0.0426. The second-order valence-corrected chi connectivity index (χ2v) is 17.2. The molecule has 0 radical (unpaired) electrons. The highest BCUT2D eigenvalue weighted by molar-refractivity contribution is 5.76. The third-order valence-corrected chi connectivity index (χ3v) is 11.7. The first-order chi connectivity index (χ1) is 27.2. The molecule has 2 atom stereocenters. The topological polar surface area (TPSA) is 69.6 Å². The summed E-state index contributed by atoms with van der Waals surface area (Å²) in [5.74, 6) is -0.0612. The minimum Gasteiger partial charge on any atom is -0.394 e. The van der Waals surface area contributed by atoms with Crippen LogP contribution in [0.4, 0.5) is 0 Å². The van der Waals surface area contributed by atoms with Crippen LogP contribution in [-0.4, -0.2) is 34.9 Å². The molecule has 326 valence electrons. The van der Waals surface area contributed by atoms with Crippen LogP contribution >= 0.6 is 0 Å². The van der Waals surface area contributed by atoms with Crippen LogP contribution in [0.1, 0.15) is 277 Å². The number of rotatable bonds is 46. The lowest BCUT2D eigenvalue weighted by molar-refractivity contribution is -0.123. The summed E-state index contributed by atoms with van der Waals surface area (Å²) in [6, 6.07) is -0.619. The normalized spacial score (nSPS) is 13.0. The van der Waals surface area contributed by atoms with Crippen LogP contribution in [0.2, 0.25) is 0 Å². The van der Waals surface area contributed by atoms with E-state index in [9.17, 15) is 15.0 Å². The molecule has 0 saturated carbocycles. The predicted molar refractivity (Wildman–Crippen MR) is 244 cm³/mol. The lowest BCUT2D eigenvalue weighted by Gasteiger charge is -2.20. The number of carbonyl (C=O) groups excluding carboxylic acids is 1.